The molecule has 5 rings (SSSR count). The van der Waals surface area contributed by atoms with Crippen molar-refractivity contribution < 1.29 is 23.4 Å². The Hall–Kier alpha value is -4.07. The standard InChI is InChI=1S/C36H45N5O6S/c37-35(45)36(26-10-4-1-5-11-26,27-12-6-2-7-13-27)28-18-21-41(25-28)22-23-48(46,47)39-20-9-3-8-19-38-24-32(43)29-14-16-31(42)34-30(29)15-17-33(44)40-34/h1-2,4-7,10-17,28,32,38-39,42-43H,3,8-9,18-25H2,(H2,37,45)(H,40,44)/t28-,32+/m1/s1. The van der Waals surface area contributed by atoms with E-state index in [2.05, 4.69) is 19.9 Å². The number of fused-ring (bicyclic) bond motifs is 1. The normalized spacial score (nSPS) is 16.3. The summed E-state index contributed by atoms with van der Waals surface area (Å²) in [5.41, 5.74) is 7.43. The largest absolute Gasteiger partial charge is 0.506 e. The summed E-state index contributed by atoms with van der Waals surface area (Å²) < 4.78 is 28.3. The van der Waals surface area contributed by atoms with Crippen LogP contribution in [0.15, 0.2) is 89.7 Å². The van der Waals surface area contributed by atoms with Crippen molar-refractivity contribution in [1.29, 1.82) is 0 Å². The van der Waals surface area contributed by atoms with Crippen molar-refractivity contribution in [1.82, 2.24) is 19.9 Å². The Morgan fingerprint density at radius 2 is 1.62 bits per heavy atom. The maximum atomic E-state index is 13.3. The number of aromatic amines is 1. The lowest BCUT2D eigenvalue weighted by molar-refractivity contribution is -0.123. The van der Waals surface area contributed by atoms with Gasteiger partial charge in [-0.1, -0.05) is 73.2 Å². The molecule has 1 aromatic heterocycles. The minimum atomic E-state index is -3.48. The van der Waals surface area contributed by atoms with Crippen LogP contribution in [0.25, 0.3) is 10.9 Å². The zero-order valence-corrected chi connectivity index (χ0v) is 27.8. The number of amides is 1. The molecule has 48 heavy (non-hydrogen) atoms. The lowest BCUT2D eigenvalue weighted by Gasteiger charge is -2.37. The third-order valence-corrected chi connectivity index (χ3v) is 10.7. The van der Waals surface area contributed by atoms with Crippen LogP contribution in [0.3, 0.4) is 0 Å². The number of nitrogens with one attached hydrogen (secondary N) is 3. The van der Waals surface area contributed by atoms with E-state index in [9.17, 15) is 28.2 Å². The van der Waals surface area contributed by atoms with E-state index >= 15 is 0 Å². The summed E-state index contributed by atoms with van der Waals surface area (Å²) in [7, 11) is -3.48. The molecule has 12 heteroatoms. The Morgan fingerprint density at radius 3 is 2.29 bits per heavy atom. The fourth-order valence-corrected chi connectivity index (χ4v) is 8.01. The van der Waals surface area contributed by atoms with E-state index in [1.807, 2.05) is 60.7 Å². The Kier molecular flexibility index (Phi) is 11.7. The second-order valence-corrected chi connectivity index (χ2v) is 14.4. The van der Waals surface area contributed by atoms with Crippen molar-refractivity contribution >= 4 is 26.8 Å². The average molecular weight is 676 g/mol. The van der Waals surface area contributed by atoms with Gasteiger partial charge in [-0.2, -0.15) is 0 Å². The van der Waals surface area contributed by atoms with Crippen molar-refractivity contribution in [3.63, 3.8) is 0 Å². The van der Waals surface area contributed by atoms with Crippen molar-refractivity contribution in [2.45, 2.75) is 37.2 Å². The first-order chi connectivity index (χ1) is 23.1. The maximum absolute atomic E-state index is 13.3. The number of H-pyrrole nitrogens is 1. The van der Waals surface area contributed by atoms with E-state index in [-0.39, 0.29) is 23.0 Å². The molecule has 1 fully saturated rings. The van der Waals surface area contributed by atoms with Gasteiger partial charge in [-0.3, -0.25) is 9.59 Å². The van der Waals surface area contributed by atoms with Gasteiger partial charge in [-0.15, -0.1) is 0 Å². The van der Waals surface area contributed by atoms with E-state index in [4.69, 9.17) is 5.73 Å². The highest BCUT2D eigenvalue weighted by atomic mass is 32.2. The number of benzene rings is 3. The number of nitrogens with two attached hydrogens (primary N) is 1. The molecule has 3 aromatic carbocycles. The van der Waals surface area contributed by atoms with Gasteiger partial charge in [0.25, 0.3) is 0 Å². The van der Waals surface area contributed by atoms with Gasteiger partial charge in [0.15, 0.2) is 0 Å². The number of aromatic hydroxyl groups is 1. The zero-order valence-electron chi connectivity index (χ0n) is 27.0. The molecule has 2 atom stereocenters. The van der Waals surface area contributed by atoms with E-state index in [1.54, 1.807) is 12.1 Å². The Bertz CT molecular complexity index is 1790. The molecule has 0 spiro atoms. The predicted molar refractivity (Wildman–Crippen MR) is 187 cm³/mol. The first-order valence-corrected chi connectivity index (χ1v) is 18.1. The number of aliphatic hydroxyl groups is 1. The van der Waals surface area contributed by atoms with E-state index in [0.717, 1.165) is 30.4 Å². The van der Waals surface area contributed by atoms with Crippen LogP contribution in [0, 0.1) is 5.92 Å². The van der Waals surface area contributed by atoms with Crippen molar-refractivity contribution in [3.05, 3.63) is 112 Å². The van der Waals surface area contributed by atoms with Crippen LogP contribution in [0.2, 0.25) is 0 Å². The first kappa shape index (κ1) is 35.2. The molecule has 2 heterocycles. The minimum Gasteiger partial charge on any atom is -0.506 e. The summed E-state index contributed by atoms with van der Waals surface area (Å²) >= 11 is 0. The first-order valence-electron chi connectivity index (χ1n) is 16.5. The molecule has 1 aliphatic heterocycles. The van der Waals surface area contributed by atoms with Crippen molar-refractivity contribution in [2.75, 3.05) is 45.0 Å². The smallest absolute Gasteiger partial charge is 0.248 e. The summed E-state index contributed by atoms with van der Waals surface area (Å²) in [5.74, 6) is -0.590. The highest BCUT2D eigenvalue weighted by Crippen LogP contribution is 2.43. The number of pyridine rings is 1. The van der Waals surface area contributed by atoms with Gasteiger partial charge in [-0.05, 0) is 67.1 Å². The number of hydrogen-bond donors (Lipinski definition) is 6. The van der Waals surface area contributed by atoms with Gasteiger partial charge in [0.2, 0.25) is 21.5 Å². The molecular weight excluding hydrogens is 630 g/mol. The van der Waals surface area contributed by atoms with Crippen LogP contribution in [0.5, 0.6) is 5.75 Å². The summed E-state index contributed by atoms with van der Waals surface area (Å²) in [5, 5.41) is 24.5. The number of phenolic OH excluding ortho intramolecular Hbond substituents is 1. The number of unbranched alkanes of at least 4 members (excludes halogenated alkanes) is 2. The minimum absolute atomic E-state index is 0.0285. The fourth-order valence-electron chi connectivity index (χ4n) is 6.91. The van der Waals surface area contributed by atoms with E-state index in [0.29, 0.717) is 62.2 Å². The molecule has 0 radical (unpaired) electrons. The van der Waals surface area contributed by atoms with Crippen LogP contribution in [-0.4, -0.2) is 79.4 Å². The maximum Gasteiger partial charge on any atom is 0.248 e. The number of aliphatic hydroxyl groups excluding tert-OH is 1. The molecule has 0 aliphatic carbocycles. The molecule has 1 amide bonds. The number of phenols is 1. The molecule has 1 aliphatic rings. The Morgan fingerprint density at radius 1 is 0.958 bits per heavy atom. The zero-order chi connectivity index (χ0) is 34.1. The van der Waals surface area contributed by atoms with Gasteiger partial charge in [0, 0.05) is 37.6 Å². The quantitative estimate of drug-likeness (QED) is 0.0926. The number of primary amides is 1. The highest BCUT2D eigenvalue weighted by Gasteiger charge is 2.49. The molecule has 256 valence electrons. The van der Waals surface area contributed by atoms with Gasteiger partial charge in [0.05, 0.1) is 17.4 Å². The second kappa shape index (κ2) is 15.9. The lowest BCUT2D eigenvalue weighted by Crippen LogP contribution is -2.49. The molecule has 0 bridgehead atoms. The fraction of sp³-hybridized carbons (Fsp3) is 0.389. The van der Waals surface area contributed by atoms with Crippen molar-refractivity contribution in [2.24, 2.45) is 11.7 Å². The number of hydrogen-bond acceptors (Lipinski definition) is 8. The Labute approximate surface area is 281 Å². The average Bonchev–Trinajstić information content (AvgIpc) is 3.56. The summed E-state index contributed by atoms with van der Waals surface area (Å²) in [4.78, 5) is 29.6. The van der Waals surface area contributed by atoms with Crippen molar-refractivity contribution in [3.8, 4) is 5.75 Å². The van der Waals surface area contributed by atoms with Gasteiger partial charge in [0.1, 0.15) is 11.2 Å². The van der Waals surface area contributed by atoms with Gasteiger partial charge < -0.3 is 31.1 Å². The monoisotopic (exact) mass is 675 g/mol. The van der Waals surface area contributed by atoms with Crippen LogP contribution in [0.4, 0.5) is 0 Å². The summed E-state index contributed by atoms with van der Waals surface area (Å²) in [6, 6.07) is 25.3. The molecule has 7 N–H and O–H groups in total. The number of carbonyl (C=O) groups is 1. The van der Waals surface area contributed by atoms with Gasteiger partial charge >= 0.3 is 0 Å². The molecule has 0 unspecified atom stereocenters. The number of aromatic nitrogens is 1. The highest BCUT2D eigenvalue weighted by molar-refractivity contribution is 7.89. The number of carbonyl (C=O) groups excluding carboxylic acids is 1. The van der Waals surface area contributed by atoms with Crippen LogP contribution >= 0.6 is 0 Å². The second-order valence-electron chi connectivity index (χ2n) is 12.5. The Balaban J connectivity index is 1.04. The number of rotatable bonds is 17. The van der Waals surface area contributed by atoms with Crippen LogP contribution < -0.4 is 21.3 Å². The van der Waals surface area contributed by atoms with E-state index < -0.39 is 27.4 Å². The summed E-state index contributed by atoms with van der Waals surface area (Å²) in [6.07, 6.45) is 2.17. The SMILES string of the molecule is NC(=O)C(c1ccccc1)(c1ccccc1)[C@@H]1CCN(CCS(=O)(=O)NCCCCCNC[C@H](O)c2ccc(O)c3[nH]c(=O)ccc23)C1. The van der Waals surface area contributed by atoms with Crippen LogP contribution in [-0.2, 0) is 20.2 Å². The topological polar surface area (TPSA) is 178 Å². The number of sulfonamides is 1. The third-order valence-electron chi connectivity index (χ3n) is 9.36. The van der Waals surface area contributed by atoms with Gasteiger partial charge in [-0.25, -0.2) is 13.1 Å². The molecule has 4 aromatic rings. The predicted octanol–water partition coefficient (Wildman–Crippen LogP) is 2.74. The third kappa shape index (κ3) is 8.13. The lowest BCUT2D eigenvalue weighted by atomic mass is 9.64. The van der Waals surface area contributed by atoms with E-state index in [1.165, 1.54) is 12.1 Å². The molecule has 0 saturated carbocycles. The van der Waals surface area contributed by atoms with Crippen LogP contribution in [0.1, 0.15) is 48.5 Å². The molecular formula is C36H45N5O6S. The molecule has 1 saturated heterocycles. The number of likely N-dealkylation sites (tertiary alicyclic amines) is 1. The summed E-state index contributed by atoms with van der Waals surface area (Å²) in [6.45, 7) is 2.89. The number of nitrogens with zero attached hydrogens (tertiary/aromatic N) is 1. The molecule has 11 nitrogen and oxygen atoms in total.